The minimum absolute atomic E-state index is 0.0342. The SMILES string of the molecule is COC(=O)CCC(=O)N[C@@H]1C[C@H](C)CN(c2cnc(C)c3ncccc23)C1. The van der Waals surface area contributed by atoms with Crippen LogP contribution in [0.2, 0.25) is 0 Å². The lowest BCUT2D eigenvalue weighted by Crippen LogP contribution is -2.50. The summed E-state index contributed by atoms with van der Waals surface area (Å²) >= 11 is 0. The number of anilines is 1. The summed E-state index contributed by atoms with van der Waals surface area (Å²) in [6.45, 7) is 5.76. The van der Waals surface area contributed by atoms with Crippen LogP contribution < -0.4 is 10.2 Å². The molecule has 1 fully saturated rings. The predicted octanol–water partition coefficient (Wildman–Crippen LogP) is 2.22. The molecule has 0 spiro atoms. The molecule has 2 aromatic heterocycles. The first-order chi connectivity index (χ1) is 13.0. The molecule has 0 saturated carbocycles. The zero-order chi connectivity index (χ0) is 19.4. The number of hydrogen-bond acceptors (Lipinski definition) is 6. The van der Waals surface area contributed by atoms with Crippen LogP contribution in [-0.4, -0.2) is 48.1 Å². The first-order valence-electron chi connectivity index (χ1n) is 9.29. The van der Waals surface area contributed by atoms with Gasteiger partial charge in [-0.1, -0.05) is 6.92 Å². The molecular formula is C20H26N4O3. The summed E-state index contributed by atoms with van der Waals surface area (Å²) in [7, 11) is 1.33. The standard InChI is InChI=1S/C20H26N4O3/c1-13-9-15(23-18(25)6-7-19(26)27-3)12-24(11-13)17-10-22-14(2)20-16(17)5-4-8-21-20/h4-5,8,10,13,15H,6-7,9,11-12H2,1-3H3,(H,23,25)/t13-,15+/m0/s1. The van der Waals surface area contributed by atoms with Crippen molar-refractivity contribution in [1.29, 1.82) is 0 Å². The van der Waals surface area contributed by atoms with Crippen molar-refractivity contribution in [2.45, 2.75) is 39.2 Å². The molecule has 144 valence electrons. The van der Waals surface area contributed by atoms with E-state index in [-0.39, 0.29) is 30.8 Å². The average molecular weight is 370 g/mol. The highest BCUT2D eigenvalue weighted by molar-refractivity contribution is 5.92. The van der Waals surface area contributed by atoms with Gasteiger partial charge in [-0.15, -0.1) is 0 Å². The van der Waals surface area contributed by atoms with Crippen molar-refractivity contribution >= 4 is 28.5 Å². The van der Waals surface area contributed by atoms with Crippen molar-refractivity contribution in [1.82, 2.24) is 15.3 Å². The number of ether oxygens (including phenoxy) is 1. The molecular weight excluding hydrogens is 344 g/mol. The van der Waals surface area contributed by atoms with E-state index < -0.39 is 0 Å². The van der Waals surface area contributed by atoms with Crippen molar-refractivity contribution in [2.75, 3.05) is 25.1 Å². The maximum absolute atomic E-state index is 12.2. The summed E-state index contributed by atoms with van der Waals surface area (Å²) in [6, 6.07) is 4.03. The van der Waals surface area contributed by atoms with Crippen LogP contribution in [0.3, 0.4) is 0 Å². The first kappa shape index (κ1) is 19.1. The van der Waals surface area contributed by atoms with E-state index in [9.17, 15) is 9.59 Å². The van der Waals surface area contributed by atoms with Gasteiger partial charge >= 0.3 is 5.97 Å². The molecule has 1 saturated heterocycles. The summed E-state index contributed by atoms with van der Waals surface area (Å²) in [6.07, 6.45) is 4.84. The summed E-state index contributed by atoms with van der Waals surface area (Å²) < 4.78 is 4.59. The maximum atomic E-state index is 12.2. The minimum atomic E-state index is -0.367. The molecule has 0 unspecified atom stereocenters. The number of carbonyl (C=O) groups excluding carboxylic acids is 2. The van der Waals surface area contributed by atoms with Crippen molar-refractivity contribution in [3.05, 3.63) is 30.2 Å². The lowest BCUT2D eigenvalue weighted by atomic mass is 9.95. The number of fused-ring (bicyclic) bond motifs is 1. The van der Waals surface area contributed by atoms with Crippen LogP contribution in [0.5, 0.6) is 0 Å². The van der Waals surface area contributed by atoms with Crippen molar-refractivity contribution in [3.8, 4) is 0 Å². The third-order valence-corrected chi connectivity index (χ3v) is 4.96. The van der Waals surface area contributed by atoms with Crippen LogP contribution in [0.1, 0.15) is 31.9 Å². The number of pyridine rings is 2. The second kappa shape index (κ2) is 8.33. The minimum Gasteiger partial charge on any atom is -0.469 e. The Morgan fingerprint density at radius 2 is 2.11 bits per heavy atom. The smallest absolute Gasteiger partial charge is 0.306 e. The highest BCUT2D eigenvalue weighted by Crippen LogP contribution is 2.30. The van der Waals surface area contributed by atoms with Crippen LogP contribution in [0.25, 0.3) is 10.9 Å². The van der Waals surface area contributed by atoms with E-state index in [1.807, 2.05) is 19.2 Å². The second-order valence-corrected chi connectivity index (χ2v) is 7.21. The summed E-state index contributed by atoms with van der Waals surface area (Å²) in [4.78, 5) is 34.7. The lowest BCUT2D eigenvalue weighted by Gasteiger charge is -2.38. The van der Waals surface area contributed by atoms with Gasteiger partial charge in [-0.3, -0.25) is 19.6 Å². The Morgan fingerprint density at radius 1 is 1.30 bits per heavy atom. The Bertz CT molecular complexity index is 839. The Kier molecular flexibility index (Phi) is 5.88. The molecule has 1 N–H and O–H groups in total. The highest BCUT2D eigenvalue weighted by atomic mass is 16.5. The Balaban J connectivity index is 1.73. The van der Waals surface area contributed by atoms with E-state index in [4.69, 9.17) is 0 Å². The second-order valence-electron chi connectivity index (χ2n) is 7.21. The van der Waals surface area contributed by atoms with Gasteiger partial charge in [0, 0.05) is 37.1 Å². The van der Waals surface area contributed by atoms with E-state index in [1.54, 1.807) is 6.20 Å². The molecule has 0 aliphatic carbocycles. The van der Waals surface area contributed by atoms with Gasteiger partial charge in [0.1, 0.15) is 0 Å². The normalized spacial score (nSPS) is 19.7. The van der Waals surface area contributed by atoms with Crippen LogP contribution in [0.4, 0.5) is 5.69 Å². The number of nitrogens with zero attached hydrogens (tertiary/aromatic N) is 3. The zero-order valence-corrected chi connectivity index (χ0v) is 16.1. The fraction of sp³-hybridized carbons (Fsp3) is 0.500. The Morgan fingerprint density at radius 3 is 2.89 bits per heavy atom. The van der Waals surface area contributed by atoms with Gasteiger partial charge in [-0.25, -0.2) is 0 Å². The summed E-state index contributed by atoms with van der Waals surface area (Å²) in [5.41, 5.74) is 2.86. The number of rotatable bonds is 5. The van der Waals surface area contributed by atoms with E-state index in [1.165, 1.54) is 7.11 Å². The monoisotopic (exact) mass is 370 g/mol. The Hall–Kier alpha value is -2.70. The van der Waals surface area contributed by atoms with Gasteiger partial charge in [-0.2, -0.15) is 0 Å². The predicted molar refractivity (Wildman–Crippen MR) is 103 cm³/mol. The number of methoxy groups -OCH3 is 1. The topological polar surface area (TPSA) is 84.4 Å². The van der Waals surface area contributed by atoms with Gasteiger partial charge < -0.3 is 15.0 Å². The van der Waals surface area contributed by atoms with Crippen LogP contribution >= 0.6 is 0 Å². The number of aromatic nitrogens is 2. The van der Waals surface area contributed by atoms with E-state index in [2.05, 4.69) is 37.9 Å². The quantitative estimate of drug-likeness (QED) is 0.813. The first-order valence-corrected chi connectivity index (χ1v) is 9.29. The molecule has 0 radical (unpaired) electrons. The van der Waals surface area contributed by atoms with Gasteiger partial charge in [0.25, 0.3) is 0 Å². The number of carbonyl (C=O) groups is 2. The number of amides is 1. The summed E-state index contributed by atoms with van der Waals surface area (Å²) in [5, 5.41) is 4.14. The number of piperidine rings is 1. The molecule has 2 atom stereocenters. The molecule has 3 heterocycles. The lowest BCUT2D eigenvalue weighted by molar-refractivity contribution is -0.142. The molecule has 1 amide bonds. The van der Waals surface area contributed by atoms with Crippen LogP contribution in [0, 0.1) is 12.8 Å². The molecule has 1 aliphatic rings. The largest absolute Gasteiger partial charge is 0.469 e. The fourth-order valence-electron chi connectivity index (χ4n) is 3.71. The third-order valence-electron chi connectivity index (χ3n) is 4.96. The molecule has 0 bridgehead atoms. The number of esters is 1. The fourth-order valence-corrected chi connectivity index (χ4v) is 3.71. The molecule has 2 aromatic rings. The molecule has 1 aliphatic heterocycles. The van der Waals surface area contributed by atoms with Crippen LogP contribution in [-0.2, 0) is 14.3 Å². The average Bonchev–Trinajstić information content (AvgIpc) is 2.66. The van der Waals surface area contributed by atoms with Gasteiger partial charge in [0.15, 0.2) is 0 Å². The summed E-state index contributed by atoms with van der Waals surface area (Å²) in [5.74, 6) is -0.0563. The third kappa shape index (κ3) is 4.53. The number of hydrogen-bond donors (Lipinski definition) is 1. The molecule has 3 rings (SSSR count). The van der Waals surface area contributed by atoms with Gasteiger partial charge in [-0.05, 0) is 31.4 Å². The zero-order valence-electron chi connectivity index (χ0n) is 16.1. The van der Waals surface area contributed by atoms with Gasteiger partial charge in [0.2, 0.25) is 5.91 Å². The Labute approximate surface area is 159 Å². The van der Waals surface area contributed by atoms with E-state index >= 15 is 0 Å². The molecule has 0 aromatic carbocycles. The number of nitrogens with one attached hydrogen (secondary N) is 1. The number of aryl methyl sites for hydroxylation is 1. The van der Waals surface area contributed by atoms with Gasteiger partial charge in [0.05, 0.1) is 36.6 Å². The molecule has 27 heavy (non-hydrogen) atoms. The van der Waals surface area contributed by atoms with E-state index in [0.29, 0.717) is 12.5 Å². The highest BCUT2D eigenvalue weighted by Gasteiger charge is 2.27. The van der Waals surface area contributed by atoms with Crippen molar-refractivity contribution in [2.24, 2.45) is 5.92 Å². The van der Waals surface area contributed by atoms with Crippen LogP contribution in [0.15, 0.2) is 24.5 Å². The maximum Gasteiger partial charge on any atom is 0.306 e. The van der Waals surface area contributed by atoms with Crippen molar-refractivity contribution < 1.29 is 14.3 Å². The van der Waals surface area contributed by atoms with E-state index in [0.717, 1.165) is 35.2 Å². The molecule has 7 heteroatoms. The molecule has 7 nitrogen and oxygen atoms in total. The van der Waals surface area contributed by atoms with Crippen molar-refractivity contribution in [3.63, 3.8) is 0 Å².